The van der Waals surface area contributed by atoms with Gasteiger partial charge in [0.15, 0.2) is 0 Å². The summed E-state index contributed by atoms with van der Waals surface area (Å²) >= 11 is 1.42. The number of hydrogen-bond donors (Lipinski definition) is 0. The number of likely N-dealkylation sites (tertiary alicyclic amines) is 1. The number of amides is 2. The van der Waals surface area contributed by atoms with E-state index in [0.717, 1.165) is 12.1 Å². The molecule has 4 rings (SSSR count). The molecule has 0 aromatic carbocycles. The smallest absolute Gasteiger partial charge is 0.273 e. The Morgan fingerprint density at radius 2 is 2.16 bits per heavy atom. The highest BCUT2D eigenvalue weighted by molar-refractivity contribution is 7.07. The summed E-state index contributed by atoms with van der Waals surface area (Å²) in [6.07, 6.45) is 4.40. The molecule has 1 atom stereocenters. The van der Waals surface area contributed by atoms with Gasteiger partial charge in [-0.1, -0.05) is 0 Å². The van der Waals surface area contributed by atoms with Gasteiger partial charge in [0, 0.05) is 38.3 Å². The minimum atomic E-state index is -0.227. The molecule has 2 amide bonds. The molecule has 2 aromatic rings. The first kappa shape index (κ1) is 16.2. The van der Waals surface area contributed by atoms with Crippen LogP contribution in [-0.2, 0) is 11.8 Å². The number of carbonyl (C=O) groups is 2. The van der Waals surface area contributed by atoms with Crippen molar-refractivity contribution >= 4 is 28.8 Å². The zero-order valence-corrected chi connectivity index (χ0v) is 15.1. The van der Waals surface area contributed by atoms with E-state index >= 15 is 0 Å². The van der Waals surface area contributed by atoms with Gasteiger partial charge in [0.05, 0.1) is 29.5 Å². The van der Waals surface area contributed by atoms with Crippen LogP contribution in [0.15, 0.2) is 23.3 Å². The van der Waals surface area contributed by atoms with Gasteiger partial charge in [0.2, 0.25) is 5.91 Å². The van der Waals surface area contributed by atoms with Crippen LogP contribution in [0.5, 0.6) is 0 Å². The lowest BCUT2D eigenvalue weighted by atomic mass is 9.93. The number of rotatable bonds is 2. The molecule has 2 aromatic heterocycles. The van der Waals surface area contributed by atoms with E-state index in [4.69, 9.17) is 0 Å². The predicted octanol–water partition coefficient (Wildman–Crippen LogP) is 0.440. The van der Waals surface area contributed by atoms with Crippen LogP contribution in [0.25, 0.3) is 0 Å². The van der Waals surface area contributed by atoms with Gasteiger partial charge in [-0.25, -0.2) is 4.98 Å². The Bertz CT molecular complexity index is 803. The Hall–Kier alpha value is -2.26. The molecule has 0 unspecified atom stereocenters. The second-order valence-corrected chi connectivity index (χ2v) is 7.50. The topological polar surface area (TPSA) is 74.6 Å². The maximum atomic E-state index is 12.6. The number of anilines is 1. The fourth-order valence-corrected chi connectivity index (χ4v) is 4.22. The van der Waals surface area contributed by atoms with Crippen molar-refractivity contribution in [3.63, 3.8) is 0 Å². The monoisotopic (exact) mass is 360 g/mol. The van der Waals surface area contributed by atoms with Gasteiger partial charge < -0.3 is 9.80 Å². The molecule has 8 nitrogen and oxygen atoms in total. The van der Waals surface area contributed by atoms with Crippen LogP contribution < -0.4 is 4.90 Å². The third-order valence-electron chi connectivity index (χ3n) is 5.21. The van der Waals surface area contributed by atoms with Crippen LogP contribution in [-0.4, -0.2) is 75.1 Å². The van der Waals surface area contributed by atoms with Crippen LogP contribution in [0.3, 0.4) is 0 Å². The van der Waals surface area contributed by atoms with E-state index in [0.29, 0.717) is 31.9 Å². The quantitative estimate of drug-likeness (QED) is 0.777. The average molecular weight is 360 g/mol. The number of likely N-dealkylation sites (N-methyl/N-ethyl adjacent to an activating group) is 1. The maximum absolute atomic E-state index is 12.6. The molecule has 2 aliphatic heterocycles. The largest absolute Gasteiger partial charge is 0.335 e. The molecule has 9 heteroatoms. The van der Waals surface area contributed by atoms with Crippen LogP contribution in [0.2, 0.25) is 0 Å². The van der Waals surface area contributed by atoms with Crippen molar-refractivity contribution in [3.8, 4) is 0 Å². The summed E-state index contributed by atoms with van der Waals surface area (Å²) in [6.45, 7) is 2.18. The molecule has 0 radical (unpaired) electrons. The molecule has 0 N–H and O–H groups in total. The zero-order valence-electron chi connectivity index (χ0n) is 14.3. The normalized spacial score (nSPS) is 24.5. The molecule has 2 fully saturated rings. The zero-order chi connectivity index (χ0) is 17.6. The second kappa shape index (κ2) is 5.92. The summed E-state index contributed by atoms with van der Waals surface area (Å²) in [5, 5.41) is 5.96. The van der Waals surface area contributed by atoms with Gasteiger partial charge in [0.25, 0.3) is 5.91 Å². The van der Waals surface area contributed by atoms with E-state index in [1.807, 2.05) is 25.2 Å². The summed E-state index contributed by atoms with van der Waals surface area (Å²) in [5.41, 5.74) is 2.76. The summed E-state index contributed by atoms with van der Waals surface area (Å²) in [7, 11) is 3.80. The van der Waals surface area contributed by atoms with E-state index in [1.165, 1.54) is 11.3 Å². The standard InChI is InChI=1S/C16H20N6O2S/c1-19-7-14(23)22(12-5-18-20(2)6-12)10-16(19)3-4-21(9-16)15(24)13-8-25-11-17-13/h5-6,8,11H,3-4,7,9-10H2,1-2H3/t16-/m0/s1. The molecule has 2 saturated heterocycles. The molecule has 25 heavy (non-hydrogen) atoms. The van der Waals surface area contributed by atoms with Gasteiger partial charge in [-0.2, -0.15) is 5.10 Å². The van der Waals surface area contributed by atoms with Crippen molar-refractivity contribution in [3.05, 3.63) is 29.0 Å². The number of hydrogen-bond acceptors (Lipinski definition) is 6. The Morgan fingerprint density at radius 1 is 1.32 bits per heavy atom. The first-order valence-electron chi connectivity index (χ1n) is 8.16. The third-order valence-corrected chi connectivity index (χ3v) is 5.80. The van der Waals surface area contributed by atoms with Crippen molar-refractivity contribution < 1.29 is 9.59 Å². The number of carbonyl (C=O) groups excluding carboxylic acids is 2. The lowest BCUT2D eigenvalue weighted by Gasteiger charge is -2.46. The fourth-order valence-electron chi connectivity index (χ4n) is 3.69. The molecule has 2 aliphatic rings. The number of nitrogens with zero attached hydrogens (tertiary/aromatic N) is 6. The fraction of sp³-hybridized carbons (Fsp3) is 0.500. The van der Waals surface area contributed by atoms with E-state index in [2.05, 4.69) is 15.0 Å². The number of aromatic nitrogens is 3. The summed E-state index contributed by atoms with van der Waals surface area (Å²) in [5.74, 6) is 0.0294. The van der Waals surface area contributed by atoms with Gasteiger partial charge in [0.1, 0.15) is 5.69 Å². The third kappa shape index (κ3) is 2.73. The Kier molecular flexibility index (Phi) is 3.84. The number of aryl methyl sites for hydroxylation is 1. The van der Waals surface area contributed by atoms with E-state index in [-0.39, 0.29) is 17.4 Å². The van der Waals surface area contributed by atoms with Gasteiger partial charge in [-0.05, 0) is 13.5 Å². The molecular formula is C16H20N6O2S. The van der Waals surface area contributed by atoms with Gasteiger partial charge in [-0.3, -0.25) is 19.2 Å². The Morgan fingerprint density at radius 3 is 2.84 bits per heavy atom. The predicted molar refractivity (Wildman–Crippen MR) is 93.6 cm³/mol. The van der Waals surface area contributed by atoms with Crippen LogP contribution in [0.1, 0.15) is 16.9 Å². The summed E-state index contributed by atoms with van der Waals surface area (Å²) in [6, 6.07) is 0. The van der Waals surface area contributed by atoms with Crippen molar-refractivity contribution in [1.29, 1.82) is 0 Å². The molecule has 1 spiro atoms. The number of piperazine rings is 1. The maximum Gasteiger partial charge on any atom is 0.273 e. The van der Waals surface area contributed by atoms with Crippen molar-refractivity contribution in [2.75, 3.05) is 38.1 Å². The van der Waals surface area contributed by atoms with Crippen LogP contribution in [0.4, 0.5) is 5.69 Å². The van der Waals surface area contributed by atoms with Crippen molar-refractivity contribution in [2.24, 2.45) is 7.05 Å². The van der Waals surface area contributed by atoms with Gasteiger partial charge >= 0.3 is 0 Å². The van der Waals surface area contributed by atoms with Crippen molar-refractivity contribution in [1.82, 2.24) is 24.6 Å². The first-order chi connectivity index (χ1) is 12.0. The van der Waals surface area contributed by atoms with E-state index in [9.17, 15) is 9.59 Å². The lowest BCUT2D eigenvalue weighted by Crippen LogP contribution is -2.64. The highest BCUT2D eigenvalue weighted by atomic mass is 32.1. The minimum Gasteiger partial charge on any atom is -0.335 e. The second-order valence-electron chi connectivity index (χ2n) is 6.78. The Labute approximate surface area is 149 Å². The average Bonchev–Trinajstić information content (AvgIpc) is 3.32. The molecule has 0 bridgehead atoms. The Balaban J connectivity index is 1.56. The lowest BCUT2D eigenvalue weighted by molar-refractivity contribution is -0.123. The van der Waals surface area contributed by atoms with E-state index < -0.39 is 0 Å². The van der Waals surface area contributed by atoms with Crippen LogP contribution >= 0.6 is 11.3 Å². The minimum absolute atomic E-state index is 0.0312. The first-order valence-corrected chi connectivity index (χ1v) is 9.10. The highest BCUT2D eigenvalue weighted by Gasteiger charge is 2.49. The summed E-state index contributed by atoms with van der Waals surface area (Å²) < 4.78 is 1.69. The molecule has 0 aliphatic carbocycles. The molecular weight excluding hydrogens is 340 g/mol. The van der Waals surface area contributed by atoms with E-state index in [1.54, 1.807) is 26.7 Å². The van der Waals surface area contributed by atoms with Crippen LogP contribution in [0, 0.1) is 0 Å². The SMILES string of the molecule is CN1CC(=O)N(c2cnn(C)c2)C[C@@]12CCN(C(=O)c1cscn1)C2. The highest BCUT2D eigenvalue weighted by Crippen LogP contribution is 2.33. The summed E-state index contributed by atoms with van der Waals surface area (Å²) in [4.78, 5) is 35.0. The number of thiazole rings is 1. The van der Waals surface area contributed by atoms with Gasteiger partial charge in [-0.15, -0.1) is 11.3 Å². The van der Waals surface area contributed by atoms with Crippen molar-refractivity contribution in [2.45, 2.75) is 12.0 Å². The molecule has 4 heterocycles. The molecule has 132 valence electrons. The molecule has 0 saturated carbocycles.